The van der Waals surface area contributed by atoms with Crippen LogP contribution < -0.4 is 0 Å². The second-order valence-electron chi connectivity index (χ2n) is 3.16. The van der Waals surface area contributed by atoms with Gasteiger partial charge in [-0.3, -0.25) is 0 Å². The molecule has 1 saturated heterocycles. The van der Waals surface area contributed by atoms with E-state index in [2.05, 4.69) is 12.1 Å². The first-order valence-electron chi connectivity index (χ1n) is 5.07. The lowest BCUT2D eigenvalue weighted by Crippen LogP contribution is -2.39. The summed E-state index contributed by atoms with van der Waals surface area (Å²) in [5.74, 6) is 0. The van der Waals surface area contributed by atoms with Crippen molar-refractivity contribution in [1.29, 1.82) is 10.5 Å². The maximum atomic E-state index is 8.52. The van der Waals surface area contributed by atoms with Crippen molar-refractivity contribution < 1.29 is 16.5 Å². The molecule has 0 saturated carbocycles. The second-order valence-corrected chi connectivity index (χ2v) is 11.9. The molecule has 2 unspecified atom stereocenters. The van der Waals surface area contributed by atoms with E-state index in [9.17, 15) is 0 Å². The van der Waals surface area contributed by atoms with Gasteiger partial charge in [0.15, 0.2) is 0 Å². The van der Waals surface area contributed by atoms with Gasteiger partial charge in [0.2, 0.25) is 0 Å². The quantitative estimate of drug-likeness (QED) is 0.576. The number of hydrogen-bond donors (Lipinski definition) is 0. The SMILES string of the molecule is N#CCC[SiH]1O[SiH2]O[SiH2]O[SiH](CCC#N)O1. The normalized spacial score (nSPS) is 29.1. The number of nitrogens with zero attached hydrogens (tertiary/aromatic N) is 2. The molecule has 0 aliphatic carbocycles. The number of hydrogen-bond acceptors (Lipinski definition) is 6. The predicted molar refractivity (Wildman–Crippen MR) is 65.8 cm³/mol. The van der Waals surface area contributed by atoms with Crippen LogP contribution >= 0.6 is 0 Å². The molecule has 0 aromatic carbocycles. The number of rotatable bonds is 4. The molecule has 1 rings (SSSR count). The molecule has 1 heterocycles. The van der Waals surface area contributed by atoms with Crippen molar-refractivity contribution in [3.63, 3.8) is 0 Å². The Hall–Kier alpha value is -0.312. The highest BCUT2D eigenvalue weighted by Crippen LogP contribution is 2.09. The first-order chi connectivity index (χ1) is 7.86. The Bertz CT molecular complexity index is 255. The fourth-order valence-electron chi connectivity index (χ4n) is 1.20. The van der Waals surface area contributed by atoms with Gasteiger partial charge in [0.1, 0.15) is 0 Å². The summed E-state index contributed by atoms with van der Waals surface area (Å²) >= 11 is 0. The molecule has 1 aliphatic rings. The predicted octanol–water partition coefficient (Wildman–Crippen LogP) is -1.67. The highest BCUT2D eigenvalue weighted by molar-refractivity contribution is 6.66. The first-order valence-corrected chi connectivity index (χ1v) is 10.9. The lowest BCUT2D eigenvalue weighted by Gasteiger charge is -2.25. The highest BCUT2D eigenvalue weighted by Gasteiger charge is 2.23. The largest absolute Gasteiger partial charge is 0.425 e. The Kier molecular flexibility index (Phi) is 7.56. The molecule has 0 N–H and O–H groups in total. The van der Waals surface area contributed by atoms with Crippen LogP contribution in [0.3, 0.4) is 0 Å². The van der Waals surface area contributed by atoms with Gasteiger partial charge in [-0.25, -0.2) is 0 Å². The molecule has 6 nitrogen and oxygen atoms in total. The summed E-state index contributed by atoms with van der Waals surface area (Å²) < 4.78 is 22.3. The molecule has 88 valence electrons. The zero-order valence-corrected chi connectivity index (χ0v) is 14.1. The monoisotopic (exact) mass is 290 g/mol. The van der Waals surface area contributed by atoms with Crippen molar-refractivity contribution in [3.8, 4) is 12.1 Å². The van der Waals surface area contributed by atoms with Gasteiger partial charge in [-0.1, -0.05) is 0 Å². The van der Waals surface area contributed by atoms with Crippen molar-refractivity contribution in [3.05, 3.63) is 0 Å². The van der Waals surface area contributed by atoms with Gasteiger partial charge in [0, 0.05) is 12.8 Å². The van der Waals surface area contributed by atoms with E-state index >= 15 is 0 Å². The summed E-state index contributed by atoms with van der Waals surface area (Å²) in [7, 11) is -5.40. The van der Waals surface area contributed by atoms with Crippen LogP contribution in [0.2, 0.25) is 12.1 Å². The zero-order chi connectivity index (χ0) is 11.6. The summed E-state index contributed by atoms with van der Waals surface area (Å²) in [4.78, 5) is 0. The van der Waals surface area contributed by atoms with Crippen LogP contribution in [0.25, 0.3) is 0 Å². The fourth-order valence-corrected chi connectivity index (χ4v) is 11.7. The van der Waals surface area contributed by atoms with Crippen LogP contribution in [0.4, 0.5) is 0 Å². The molecule has 0 bridgehead atoms. The average molecular weight is 291 g/mol. The third-order valence-corrected chi connectivity index (χ3v) is 11.3. The van der Waals surface area contributed by atoms with Gasteiger partial charge in [-0.2, -0.15) is 10.5 Å². The van der Waals surface area contributed by atoms with Crippen LogP contribution in [0, 0.1) is 22.7 Å². The third-order valence-electron chi connectivity index (χ3n) is 1.96. The van der Waals surface area contributed by atoms with Crippen molar-refractivity contribution in [2.45, 2.75) is 24.9 Å². The average Bonchev–Trinajstić information content (AvgIpc) is 2.26. The van der Waals surface area contributed by atoms with E-state index in [0.29, 0.717) is 24.9 Å². The molecular formula is C6H14N2O4Si4. The molecule has 0 aromatic rings. The van der Waals surface area contributed by atoms with E-state index < -0.39 is 38.6 Å². The zero-order valence-electron chi connectivity index (χ0n) is 8.92. The third kappa shape index (κ3) is 5.68. The molecule has 10 heteroatoms. The van der Waals surface area contributed by atoms with E-state index in [1.54, 1.807) is 0 Å². The summed E-state index contributed by atoms with van der Waals surface area (Å²) in [6.07, 6.45) is 0.921. The first kappa shape index (κ1) is 13.8. The second kappa shape index (κ2) is 8.80. The van der Waals surface area contributed by atoms with Crippen molar-refractivity contribution in [2.75, 3.05) is 0 Å². The van der Waals surface area contributed by atoms with Gasteiger partial charge >= 0.3 is 18.6 Å². The van der Waals surface area contributed by atoms with Crippen molar-refractivity contribution in [2.24, 2.45) is 0 Å². The van der Waals surface area contributed by atoms with Crippen LogP contribution in [-0.4, -0.2) is 38.6 Å². The molecule has 16 heavy (non-hydrogen) atoms. The van der Waals surface area contributed by atoms with Gasteiger partial charge in [0.05, 0.1) is 12.1 Å². The topological polar surface area (TPSA) is 84.5 Å². The summed E-state index contributed by atoms with van der Waals surface area (Å²) in [5, 5.41) is 17.0. The summed E-state index contributed by atoms with van der Waals surface area (Å²) in [5.41, 5.74) is 0. The van der Waals surface area contributed by atoms with Crippen molar-refractivity contribution >= 4 is 38.6 Å². The van der Waals surface area contributed by atoms with E-state index in [0.717, 1.165) is 0 Å². The Balaban J connectivity index is 2.37. The van der Waals surface area contributed by atoms with Crippen LogP contribution in [0.1, 0.15) is 12.8 Å². The van der Waals surface area contributed by atoms with Crippen LogP contribution in [-0.2, 0) is 16.5 Å². The van der Waals surface area contributed by atoms with E-state index in [4.69, 9.17) is 27.0 Å². The molecule has 0 spiro atoms. The smallest absolute Gasteiger partial charge is 0.304 e. The van der Waals surface area contributed by atoms with Gasteiger partial charge < -0.3 is 16.5 Å². The molecule has 1 fully saturated rings. The summed E-state index contributed by atoms with van der Waals surface area (Å²) in [6, 6.07) is 5.56. The maximum Gasteiger partial charge on any atom is 0.304 e. The molecule has 2 atom stereocenters. The lowest BCUT2D eigenvalue weighted by atomic mass is 10.6. The minimum absolute atomic E-state index is 0.460. The van der Waals surface area contributed by atoms with Gasteiger partial charge in [-0.05, 0) is 12.1 Å². The summed E-state index contributed by atoms with van der Waals surface area (Å²) in [6.45, 7) is 0. The molecule has 0 radical (unpaired) electrons. The van der Waals surface area contributed by atoms with Crippen LogP contribution in [0.5, 0.6) is 0 Å². The molecule has 1 aliphatic heterocycles. The van der Waals surface area contributed by atoms with Crippen molar-refractivity contribution in [1.82, 2.24) is 0 Å². The number of nitriles is 2. The van der Waals surface area contributed by atoms with Gasteiger partial charge in [-0.15, -0.1) is 0 Å². The van der Waals surface area contributed by atoms with Crippen LogP contribution in [0.15, 0.2) is 0 Å². The fraction of sp³-hybridized carbons (Fsp3) is 0.667. The van der Waals surface area contributed by atoms with E-state index in [1.165, 1.54) is 0 Å². The standard InChI is InChI=1S/C6H14N2O4Si4/c7-3-1-5-15-10-13-9-14-11-16(12-15)6-2-4-8/h15-16H,1-2,5-6,13-14H2. The Morgan fingerprint density at radius 3 is 1.88 bits per heavy atom. The lowest BCUT2D eigenvalue weighted by molar-refractivity contribution is 0.310. The Labute approximate surface area is 103 Å². The highest BCUT2D eigenvalue weighted by atomic mass is 28.4. The minimum atomic E-state index is -1.75. The maximum absolute atomic E-state index is 8.52. The molecule has 0 aromatic heterocycles. The van der Waals surface area contributed by atoms with E-state index in [-0.39, 0.29) is 0 Å². The Morgan fingerprint density at radius 1 is 0.938 bits per heavy atom. The molecular weight excluding hydrogens is 276 g/mol. The molecule has 0 amide bonds. The van der Waals surface area contributed by atoms with Gasteiger partial charge in [0.25, 0.3) is 20.0 Å². The Morgan fingerprint density at radius 2 is 1.44 bits per heavy atom. The van der Waals surface area contributed by atoms with E-state index in [1.807, 2.05) is 0 Å². The minimum Gasteiger partial charge on any atom is -0.425 e.